The third-order valence-electron chi connectivity index (χ3n) is 4.79. The van der Waals surface area contributed by atoms with Gasteiger partial charge < -0.3 is 19.7 Å². The first-order valence-electron chi connectivity index (χ1n) is 10.7. The summed E-state index contributed by atoms with van der Waals surface area (Å²) in [6.45, 7) is 4.83. The number of nitrogens with one attached hydrogen (secondary N) is 1. The normalized spacial score (nSPS) is 11.5. The van der Waals surface area contributed by atoms with Crippen molar-refractivity contribution >= 4 is 40.6 Å². The highest BCUT2D eigenvalue weighted by molar-refractivity contribution is 6.03. The molecule has 1 aromatic carbocycles. The van der Waals surface area contributed by atoms with Crippen molar-refractivity contribution in [3.8, 4) is 11.8 Å². The van der Waals surface area contributed by atoms with E-state index in [0.29, 0.717) is 0 Å². The van der Waals surface area contributed by atoms with E-state index in [1.165, 1.54) is 25.0 Å². The SMILES string of the molecule is CN(C(=O)OC(C)(C)C)c1nc(NC(=O)C(F)(F)F)c(C#Cc2cc(F)cc(C(=O)O)c2)c2c1ncn2C. The highest BCUT2D eigenvalue weighted by Crippen LogP contribution is 2.32. The van der Waals surface area contributed by atoms with Crippen LogP contribution in [0.3, 0.4) is 0 Å². The number of carboxylic acid groups (broad SMARTS) is 1. The molecular formula is C24H21F4N5O5. The lowest BCUT2D eigenvalue weighted by Crippen LogP contribution is -2.35. The van der Waals surface area contributed by atoms with Gasteiger partial charge >= 0.3 is 24.1 Å². The molecule has 0 atom stereocenters. The summed E-state index contributed by atoms with van der Waals surface area (Å²) in [5.41, 5.74) is -1.57. The summed E-state index contributed by atoms with van der Waals surface area (Å²) < 4.78 is 59.9. The van der Waals surface area contributed by atoms with Crippen molar-refractivity contribution in [1.29, 1.82) is 0 Å². The third kappa shape index (κ3) is 6.17. The van der Waals surface area contributed by atoms with Crippen LogP contribution in [0.15, 0.2) is 24.5 Å². The maximum Gasteiger partial charge on any atom is 0.471 e. The fourth-order valence-electron chi connectivity index (χ4n) is 3.17. The van der Waals surface area contributed by atoms with Crippen molar-refractivity contribution in [2.75, 3.05) is 17.3 Å². The van der Waals surface area contributed by atoms with Crippen LogP contribution in [0.4, 0.5) is 34.0 Å². The summed E-state index contributed by atoms with van der Waals surface area (Å²) >= 11 is 0. The van der Waals surface area contributed by atoms with Crippen LogP contribution in [-0.2, 0) is 16.6 Å². The predicted octanol–water partition coefficient (Wildman–Crippen LogP) is 4.08. The molecule has 0 unspecified atom stereocenters. The highest BCUT2D eigenvalue weighted by Gasteiger charge is 2.40. The summed E-state index contributed by atoms with van der Waals surface area (Å²) in [7, 11) is 2.74. The summed E-state index contributed by atoms with van der Waals surface area (Å²) in [5, 5.41) is 10.8. The van der Waals surface area contributed by atoms with Crippen molar-refractivity contribution in [1.82, 2.24) is 14.5 Å². The summed E-state index contributed by atoms with van der Waals surface area (Å²) in [6.07, 6.45) is -4.90. The number of carbonyl (C=O) groups excluding carboxylic acids is 2. The van der Waals surface area contributed by atoms with Crippen LogP contribution >= 0.6 is 0 Å². The van der Waals surface area contributed by atoms with Gasteiger partial charge in [0.2, 0.25) is 0 Å². The minimum Gasteiger partial charge on any atom is -0.478 e. The van der Waals surface area contributed by atoms with E-state index in [2.05, 4.69) is 21.8 Å². The molecule has 0 saturated heterocycles. The van der Waals surface area contributed by atoms with Crippen LogP contribution in [0.1, 0.15) is 42.3 Å². The largest absolute Gasteiger partial charge is 0.478 e. The number of amides is 2. The molecule has 0 fully saturated rings. The number of alkyl halides is 3. The number of aromatic nitrogens is 3. The fraction of sp³-hybridized carbons (Fsp3) is 0.292. The zero-order valence-corrected chi connectivity index (χ0v) is 20.7. The van der Waals surface area contributed by atoms with Crippen molar-refractivity contribution in [2.24, 2.45) is 7.05 Å². The molecule has 3 rings (SSSR count). The van der Waals surface area contributed by atoms with Gasteiger partial charge in [0.25, 0.3) is 0 Å². The van der Waals surface area contributed by atoms with E-state index in [0.717, 1.165) is 23.1 Å². The minimum absolute atomic E-state index is 0.0284. The van der Waals surface area contributed by atoms with Gasteiger partial charge in [-0.05, 0) is 39.0 Å². The Bertz CT molecular complexity index is 1510. The van der Waals surface area contributed by atoms with Crippen LogP contribution in [0, 0.1) is 17.7 Å². The number of aryl methyl sites for hydroxylation is 1. The van der Waals surface area contributed by atoms with Gasteiger partial charge in [0.15, 0.2) is 11.6 Å². The van der Waals surface area contributed by atoms with Crippen LogP contribution in [0.2, 0.25) is 0 Å². The Morgan fingerprint density at radius 2 is 1.79 bits per heavy atom. The van der Waals surface area contributed by atoms with Gasteiger partial charge in [-0.2, -0.15) is 13.2 Å². The molecule has 0 aliphatic carbocycles. The molecule has 2 heterocycles. The molecule has 0 aliphatic rings. The molecule has 0 bridgehead atoms. The Labute approximate surface area is 213 Å². The molecule has 10 nitrogen and oxygen atoms in total. The smallest absolute Gasteiger partial charge is 0.471 e. The molecule has 0 spiro atoms. The van der Waals surface area contributed by atoms with E-state index in [4.69, 9.17) is 9.84 Å². The number of fused-ring (bicyclic) bond motifs is 1. The van der Waals surface area contributed by atoms with E-state index >= 15 is 0 Å². The number of pyridine rings is 1. The molecule has 2 aromatic heterocycles. The number of carbonyl (C=O) groups is 3. The second-order valence-electron chi connectivity index (χ2n) is 8.99. The number of hydrogen-bond donors (Lipinski definition) is 2. The number of ether oxygens (including phenoxy) is 1. The third-order valence-corrected chi connectivity index (χ3v) is 4.79. The fourth-order valence-corrected chi connectivity index (χ4v) is 3.17. The number of rotatable bonds is 3. The number of anilines is 2. The number of benzene rings is 1. The number of hydrogen-bond acceptors (Lipinski definition) is 6. The Kier molecular flexibility index (Phi) is 7.35. The molecular weight excluding hydrogens is 514 g/mol. The first kappa shape index (κ1) is 27.9. The molecule has 0 saturated carbocycles. The predicted molar refractivity (Wildman–Crippen MR) is 127 cm³/mol. The minimum atomic E-state index is -5.29. The number of carboxylic acids is 1. The average molecular weight is 535 g/mol. The summed E-state index contributed by atoms with van der Waals surface area (Å²) in [5.74, 6) is -0.574. The molecule has 0 aliphatic heterocycles. The number of halogens is 4. The van der Waals surface area contributed by atoms with Gasteiger partial charge in [0.05, 0.1) is 23.0 Å². The first-order chi connectivity index (χ1) is 17.5. The standard InChI is InChI=1S/C24H21F4N5O5/c1-23(2,3)38-22(37)33(5)19-16-17(32(4)11-29-16)15(18(30-19)31-21(36)24(26,27)28)7-6-12-8-13(20(34)35)10-14(25)9-12/h8-11H,1-5H3,(H,34,35)(H,30,31,36). The van der Waals surface area contributed by atoms with E-state index in [-0.39, 0.29) is 28.0 Å². The molecule has 2 amide bonds. The lowest BCUT2D eigenvalue weighted by molar-refractivity contribution is -0.167. The Morgan fingerprint density at radius 3 is 2.37 bits per heavy atom. The van der Waals surface area contributed by atoms with Crippen LogP contribution in [-0.4, -0.2) is 56.4 Å². The van der Waals surface area contributed by atoms with Crippen molar-refractivity contribution < 1.29 is 41.8 Å². The second kappa shape index (κ2) is 10.0. The Morgan fingerprint density at radius 1 is 1.13 bits per heavy atom. The second-order valence-corrected chi connectivity index (χ2v) is 8.99. The monoisotopic (exact) mass is 535 g/mol. The zero-order chi connectivity index (χ0) is 28.6. The quantitative estimate of drug-likeness (QED) is 0.382. The molecule has 3 aromatic rings. The van der Waals surface area contributed by atoms with Gasteiger partial charge in [0, 0.05) is 19.7 Å². The van der Waals surface area contributed by atoms with Gasteiger partial charge in [-0.1, -0.05) is 11.8 Å². The van der Waals surface area contributed by atoms with E-state index < -0.39 is 46.9 Å². The number of imidazole rings is 1. The molecule has 38 heavy (non-hydrogen) atoms. The van der Waals surface area contributed by atoms with Gasteiger partial charge in [-0.15, -0.1) is 0 Å². The van der Waals surface area contributed by atoms with Gasteiger partial charge in [-0.3, -0.25) is 9.69 Å². The zero-order valence-electron chi connectivity index (χ0n) is 20.7. The van der Waals surface area contributed by atoms with Gasteiger partial charge in [-0.25, -0.2) is 23.9 Å². The van der Waals surface area contributed by atoms with Crippen molar-refractivity contribution in [2.45, 2.75) is 32.5 Å². The van der Waals surface area contributed by atoms with Crippen LogP contribution in [0.25, 0.3) is 11.0 Å². The van der Waals surface area contributed by atoms with Crippen LogP contribution in [0.5, 0.6) is 0 Å². The Hall–Kier alpha value is -4.67. The summed E-state index contributed by atoms with van der Waals surface area (Å²) in [4.78, 5) is 44.8. The topological polar surface area (TPSA) is 127 Å². The van der Waals surface area contributed by atoms with Crippen LogP contribution < -0.4 is 10.2 Å². The molecule has 2 N–H and O–H groups in total. The lowest BCUT2D eigenvalue weighted by Gasteiger charge is -2.24. The Balaban J connectivity index is 2.27. The van der Waals surface area contributed by atoms with E-state index in [1.54, 1.807) is 26.1 Å². The van der Waals surface area contributed by atoms with E-state index in [1.807, 2.05) is 0 Å². The van der Waals surface area contributed by atoms with E-state index in [9.17, 15) is 31.9 Å². The maximum atomic E-state index is 13.9. The first-order valence-corrected chi connectivity index (χ1v) is 10.7. The van der Waals surface area contributed by atoms with Crippen molar-refractivity contribution in [3.05, 3.63) is 47.0 Å². The summed E-state index contributed by atoms with van der Waals surface area (Å²) in [6, 6.07) is 2.75. The lowest BCUT2D eigenvalue weighted by atomic mass is 10.1. The number of aromatic carboxylic acids is 1. The molecule has 200 valence electrons. The highest BCUT2D eigenvalue weighted by atomic mass is 19.4. The maximum absolute atomic E-state index is 13.9. The molecule has 0 radical (unpaired) electrons. The van der Waals surface area contributed by atoms with Crippen molar-refractivity contribution in [3.63, 3.8) is 0 Å². The number of nitrogens with zero attached hydrogens (tertiary/aromatic N) is 4. The van der Waals surface area contributed by atoms with Gasteiger partial charge in [0.1, 0.15) is 16.9 Å². The molecule has 14 heteroatoms. The average Bonchev–Trinajstić information content (AvgIpc) is 3.16.